The van der Waals surface area contributed by atoms with E-state index in [9.17, 15) is 18.0 Å². The summed E-state index contributed by atoms with van der Waals surface area (Å²) in [6, 6.07) is 6.36. The van der Waals surface area contributed by atoms with Gasteiger partial charge in [-0.25, -0.2) is 8.42 Å². The number of benzene rings is 1. The largest absolute Gasteiger partial charge is 0.365 e. The van der Waals surface area contributed by atoms with Crippen LogP contribution in [0, 0.1) is 0 Å². The summed E-state index contributed by atoms with van der Waals surface area (Å²) in [6.07, 6.45) is 4.12. The van der Waals surface area contributed by atoms with Gasteiger partial charge in [-0.2, -0.15) is 4.31 Å². The Morgan fingerprint density at radius 2 is 1.72 bits per heavy atom. The van der Waals surface area contributed by atoms with E-state index in [0.717, 1.165) is 42.7 Å². The van der Waals surface area contributed by atoms with Crippen LogP contribution < -0.4 is 11.1 Å². The SMILES string of the molecule is CCCCN(CCCC)S(=O)(=O)c1ccc(C(=O)Nc2sc3c(c2C(N)=O)CCN(C(C)C)C3)cc1. The van der Waals surface area contributed by atoms with Crippen molar-refractivity contribution < 1.29 is 18.0 Å². The van der Waals surface area contributed by atoms with Crippen LogP contribution in [0.2, 0.25) is 0 Å². The lowest BCUT2D eigenvalue weighted by Crippen LogP contribution is -2.35. The molecule has 0 aliphatic carbocycles. The second-order valence-corrected chi connectivity index (χ2v) is 12.5. The van der Waals surface area contributed by atoms with Gasteiger partial charge < -0.3 is 11.1 Å². The maximum absolute atomic E-state index is 13.2. The highest BCUT2D eigenvalue weighted by molar-refractivity contribution is 7.89. The van der Waals surface area contributed by atoms with E-state index in [2.05, 4.69) is 24.1 Å². The first kappa shape index (κ1) is 28.3. The van der Waals surface area contributed by atoms with E-state index in [-0.39, 0.29) is 4.90 Å². The van der Waals surface area contributed by atoms with Crippen molar-refractivity contribution in [1.29, 1.82) is 0 Å². The summed E-state index contributed by atoms with van der Waals surface area (Å²) >= 11 is 1.38. The summed E-state index contributed by atoms with van der Waals surface area (Å²) in [5.41, 5.74) is 7.30. The number of hydrogen-bond acceptors (Lipinski definition) is 6. The van der Waals surface area contributed by atoms with Gasteiger partial charge in [0.25, 0.3) is 11.8 Å². The minimum absolute atomic E-state index is 0.171. The third-order valence-corrected chi connectivity index (χ3v) is 9.61. The maximum atomic E-state index is 13.2. The molecule has 8 nitrogen and oxygen atoms in total. The van der Waals surface area contributed by atoms with Gasteiger partial charge in [0.15, 0.2) is 0 Å². The van der Waals surface area contributed by atoms with Crippen LogP contribution >= 0.6 is 11.3 Å². The van der Waals surface area contributed by atoms with E-state index in [1.807, 2.05) is 13.8 Å². The van der Waals surface area contributed by atoms with Crippen LogP contribution in [-0.4, -0.2) is 55.1 Å². The topological polar surface area (TPSA) is 113 Å². The van der Waals surface area contributed by atoms with Crippen LogP contribution in [0.4, 0.5) is 5.00 Å². The average molecular weight is 535 g/mol. The van der Waals surface area contributed by atoms with Crippen molar-refractivity contribution >= 4 is 38.2 Å². The molecule has 0 saturated heterocycles. The number of fused-ring (bicyclic) bond motifs is 1. The molecule has 0 saturated carbocycles. The van der Waals surface area contributed by atoms with Gasteiger partial charge in [-0.1, -0.05) is 26.7 Å². The monoisotopic (exact) mass is 534 g/mol. The van der Waals surface area contributed by atoms with Gasteiger partial charge in [0.1, 0.15) is 5.00 Å². The molecule has 10 heteroatoms. The van der Waals surface area contributed by atoms with E-state index in [1.165, 1.54) is 39.9 Å². The summed E-state index contributed by atoms with van der Waals surface area (Å²) in [5.74, 6) is -0.962. The highest BCUT2D eigenvalue weighted by Crippen LogP contribution is 2.37. The molecule has 1 aromatic carbocycles. The number of rotatable bonds is 12. The summed E-state index contributed by atoms with van der Waals surface area (Å²) in [6.45, 7) is 10.8. The molecule has 1 aliphatic rings. The predicted molar refractivity (Wildman–Crippen MR) is 145 cm³/mol. The van der Waals surface area contributed by atoms with Crippen molar-refractivity contribution in [3.05, 3.63) is 45.8 Å². The van der Waals surface area contributed by atoms with E-state index < -0.39 is 21.8 Å². The number of carbonyl (C=O) groups excluding carboxylic acids is 2. The highest BCUT2D eigenvalue weighted by atomic mass is 32.2. The lowest BCUT2D eigenvalue weighted by Gasteiger charge is -2.30. The van der Waals surface area contributed by atoms with E-state index >= 15 is 0 Å². The fourth-order valence-electron chi connectivity index (χ4n) is 4.34. The van der Waals surface area contributed by atoms with Crippen LogP contribution in [0.5, 0.6) is 0 Å². The van der Waals surface area contributed by atoms with Crippen LogP contribution in [0.1, 0.15) is 84.5 Å². The van der Waals surface area contributed by atoms with Crippen LogP contribution in [0.3, 0.4) is 0 Å². The summed E-state index contributed by atoms with van der Waals surface area (Å²) in [4.78, 5) is 28.8. The molecule has 2 aromatic rings. The first-order chi connectivity index (χ1) is 17.1. The Kier molecular flexibility index (Phi) is 9.68. The Balaban J connectivity index is 1.80. The molecule has 36 heavy (non-hydrogen) atoms. The Morgan fingerprint density at radius 3 is 2.25 bits per heavy atom. The van der Waals surface area contributed by atoms with Crippen molar-refractivity contribution in [1.82, 2.24) is 9.21 Å². The molecule has 0 radical (unpaired) electrons. The van der Waals surface area contributed by atoms with Crippen molar-refractivity contribution in [2.24, 2.45) is 5.73 Å². The molecular formula is C26H38N4O4S2. The molecule has 0 bridgehead atoms. The van der Waals surface area contributed by atoms with Gasteiger partial charge in [0.05, 0.1) is 10.5 Å². The van der Waals surface area contributed by atoms with Gasteiger partial charge in [0.2, 0.25) is 10.0 Å². The molecule has 0 atom stereocenters. The number of nitrogens with one attached hydrogen (secondary N) is 1. The van der Waals surface area contributed by atoms with E-state index in [4.69, 9.17) is 5.73 Å². The molecule has 2 heterocycles. The number of nitrogens with two attached hydrogens (primary N) is 1. The zero-order valence-corrected chi connectivity index (χ0v) is 23.3. The first-order valence-electron chi connectivity index (χ1n) is 12.7. The number of thiophene rings is 1. The molecule has 0 spiro atoms. The summed E-state index contributed by atoms with van der Waals surface area (Å²) < 4.78 is 27.9. The van der Waals surface area contributed by atoms with Gasteiger partial charge in [-0.3, -0.25) is 14.5 Å². The maximum Gasteiger partial charge on any atom is 0.256 e. The summed E-state index contributed by atoms with van der Waals surface area (Å²) in [7, 11) is -3.64. The van der Waals surface area contributed by atoms with E-state index in [0.29, 0.717) is 48.2 Å². The van der Waals surface area contributed by atoms with Crippen LogP contribution in [0.15, 0.2) is 29.2 Å². The number of amides is 2. The highest BCUT2D eigenvalue weighted by Gasteiger charge is 2.29. The van der Waals surface area contributed by atoms with Crippen LogP contribution in [0.25, 0.3) is 0 Å². The molecule has 3 N–H and O–H groups in total. The van der Waals surface area contributed by atoms with Gasteiger partial charge in [0, 0.05) is 42.7 Å². The molecule has 3 rings (SSSR count). The lowest BCUT2D eigenvalue weighted by atomic mass is 10.0. The fourth-order valence-corrected chi connectivity index (χ4v) is 7.13. The van der Waals surface area contributed by atoms with E-state index in [1.54, 1.807) is 0 Å². The van der Waals surface area contributed by atoms with Crippen LogP contribution in [-0.2, 0) is 23.0 Å². The third kappa shape index (κ3) is 6.34. The molecule has 2 amide bonds. The number of hydrogen-bond donors (Lipinski definition) is 2. The fraction of sp³-hybridized carbons (Fsp3) is 0.538. The smallest absolute Gasteiger partial charge is 0.256 e. The Labute approximate surface area is 218 Å². The molecule has 0 unspecified atom stereocenters. The average Bonchev–Trinajstić information content (AvgIpc) is 3.21. The molecular weight excluding hydrogens is 496 g/mol. The Hall–Kier alpha value is -2.27. The molecule has 0 fully saturated rings. The van der Waals surface area contributed by atoms with Crippen molar-refractivity contribution in [2.45, 2.75) is 77.3 Å². The van der Waals surface area contributed by atoms with Gasteiger partial charge in [-0.15, -0.1) is 11.3 Å². The molecule has 198 valence electrons. The minimum atomic E-state index is -3.64. The number of nitrogens with zero attached hydrogens (tertiary/aromatic N) is 2. The standard InChI is InChI=1S/C26H38N4O4S2/c1-5-7-14-30(15-8-6-2)36(33,34)20-11-9-19(10-12-20)25(32)28-26-23(24(27)31)21-13-16-29(18(3)4)17-22(21)35-26/h9-12,18H,5-8,13-17H2,1-4H3,(H2,27,31)(H,28,32). The number of unbranched alkanes of at least 4 members (excludes halogenated alkanes) is 2. The third-order valence-electron chi connectivity index (χ3n) is 6.57. The molecule has 1 aliphatic heterocycles. The minimum Gasteiger partial charge on any atom is -0.365 e. The van der Waals surface area contributed by atoms with Crippen molar-refractivity contribution in [3.63, 3.8) is 0 Å². The number of sulfonamides is 1. The van der Waals surface area contributed by atoms with Gasteiger partial charge in [-0.05, 0) is 62.9 Å². The predicted octanol–water partition coefficient (Wildman–Crippen LogP) is 4.46. The van der Waals surface area contributed by atoms with Gasteiger partial charge >= 0.3 is 0 Å². The Bertz CT molecular complexity index is 1170. The number of primary amides is 1. The van der Waals surface area contributed by atoms with Crippen molar-refractivity contribution in [3.8, 4) is 0 Å². The number of anilines is 1. The summed E-state index contributed by atoms with van der Waals surface area (Å²) in [5, 5.41) is 3.30. The number of carbonyl (C=O) groups is 2. The normalized spacial score (nSPS) is 14.3. The Morgan fingerprint density at radius 1 is 1.11 bits per heavy atom. The quantitative estimate of drug-likeness (QED) is 0.418. The lowest BCUT2D eigenvalue weighted by molar-refractivity contribution is 0.0999. The first-order valence-corrected chi connectivity index (χ1v) is 15.0. The molecule has 1 aromatic heterocycles. The van der Waals surface area contributed by atoms with Crippen molar-refractivity contribution in [2.75, 3.05) is 25.0 Å². The second kappa shape index (κ2) is 12.3. The second-order valence-electron chi connectivity index (χ2n) is 9.48. The zero-order chi connectivity index (χ0) is 26.5. The zero-order valence-electron chi connectivity index (χ0n) is 21.7.